The molecule has 0 heterocycles. The van der Waals surface area contributed by atoms with Gasteiger partial charge in [-0.15, -0.1) is 12.4 Å². The molecule has 1 aromatic rings. The molecule has 0 spiro atoms. The molecule has 112 valence electrons. The highest BCUT2D eigenvalue weighted by molar-refractivity contribution is 5.94. The zero-order valence-electron chi connectivity index (χ0n) is 11.4. The molecule has 1 amide bonds. The third-order valence-electron chi connectivity index (χ3n) is 2.87. The number of nitro groups is 1. The molecule has 1 rings (SSSR count). The van der Waals surface area contributed by atoms with E-state index in [0.29, 0.717) is 12.1 Å². The number of nitrogens with two attached hydrogens (primary N) is 1. The Morgan fingerprint density at radius 2 is 2.00 bits per heavy atom. The average molecular weight is 302 g/mol. The van der Waals surface area contributed by atoms with Crippen molar-refractivity contribution in [2.45, 2.75) is 32.2 Å². The number of carbonyl (C=O) groups excluding carboxylic acids is 1. The number of unbranched alkanes of at least 4 members (excludes halogenated alkanes) is 1. The van der Waals surface area contributed by atoms with Crippen LogP contribution in [-0.2, 0) is 0 Å². The Morgan fingerprint density at radius 1 is 1.40 bits per heavy atom. The fourth-order valence-corrected chi connectivity index (χ4v) is 1.70. The van der Waals surface area contributed by atoms with Gasteiger partial charge in [-0.2, -0.15) is 0 Å². The van der Waals surface area contributed by atoms with Crippen molar-refractivity contribution in [1.82, 2.24) is 5.32 Å². The Hall–Kier alpha value is -1.66. The van der Waals surface area contributed by atoms with E-state index >= 15 is 0 Å². The van der Waals surface area contributed by atoms with Crippen LogP contribution < -0.4 is 11.1 Å². The Labute approximate surface area is 124 Å². The number of carbonyl (C=O) groups is 1. The van der Waals surface area contributed by atoms with Gasteiger partial charge in [-0.05, 0) is 18.6 Å². The van der Waals surface area contributed by atoms with Gasteiger partial charge in [0.2, 0.25) is 0 Å². The van der Waals surface area contributed by atoms with E-state index in [2.05, 4.69) is 12.2 Å². The lowest BCUT2D eigenvalue weighted by Crippen LogP contribution is -2.40. The minimum absolute atomic E-state index is 0. The van der Waals surface area contributed by atoms with Crippen LogP contribution in [0.3, 0.4) is 0 Å². The van der Waals surface area contributed by atoms with Crippen LogP contribution in [0.1, 0.15) is 36.5 Å². The second kappa shape index (κ2) is 9.28. The predicted octanol–water partition coefficient (Wildman–Crippen LogP) is 2.26. The highest BCUT2D eigenvalue weighted by Gasteiger charge is 2.13. The highest BCUT2D eigenvalue weighted by atomic mass is 35.5. The first kappa shape index (κ1) is 18.3. The third kappa shape index (κ3) is 5.54. The molecular weight excluding hydrogens is 282 g/mol. The van der Waals surface area contributed by atoms with Crippen LogP contribution in [0.15, 0.2) is 24.3 Å². The number of hydrogen-bond donors (Lipinski definition) is 2. The van der Waals surface area contributed by atoms with Crippen LogP contribution >= 0.6 is 12.4 Å². The van der Waals surface area contributed by atoms with Gasteiger partial charge in [-0.1, -0.05) is 19.8 Å². The number of non-ortho nitro benzene ring substituents is 1. The number of nitrogens with zero attached hydrogens (tertiary/aromatic N) is 1. The summed E-state index contributed by atoms with van der Waals surface area (Å²) in [6.07, 6.45) is 2.89. The standard InChI is InChI=1S/C13H19N3O3.ClH/c1-2-3-4-11(9-14)15-13(17)10-5-7-12(8-6-10)16(18)19;/h5-8,11H,2-4,9,14H2,1H3,(H,15,17);1H. The van der Waals surface area contributed by atoms with Crippen molar-refractivity contribution < 1.29 is 9.72 Å². The first-order valence-corrected chi connectivity index (χ1v) is 6.33. The molecule has 1 aromatic carbocycles. The van der Waals surface area contributed by atoms with Gasteiger partial charge in [0.25, 0.3) is 11.6 Å². The van der Waals surface area contributed by atoms with Gasteiger partial charge in [0.1, 0.15) is 0 Å². The molecule has 0 saturated heterocycles. The van der Waals surface area contributed by atoms with E-state index in [1.165, 1.54) is 24.3 Å². The Bertz CT molecular complexity index is 437. The summed E-state index contributed by atoms with van der Waals surface area (Å²) in [5.41, 5.74) is 5.97. The summed E-state index contributed by atoms with van der Waals surface area (Å²) in [4.78, 5) is 21.9. The van der Waals surface area contributed by atoms with Crippen LogP contribution in [-0.4, -0.2) is 23.4 Å². The number of hydrogen-bond acceptors (Lipinski definition) is 4. The molecule has 0 aromatic heterocycles. The molecule has 0 saturated carbocycles. The lowest BCUT2D eigenvalue weighted by atomic mass is 10.1. The van der Waals surface area contributed by atoms with Crippen LogP contribution in [0.5, 0.6) is 0 Å². The molecule has 1 atom stereocenters. The van der Waals surface area contributed by atoms with Crippen molar-refractivity contribution in [3.8, 4) is 0 Å². The lowest BCUT2D eigenvalue weighted by Gasteiger charge is -2.16. The summed E-state index contributed by atoms with van der Waals surface area (Å²) < 4.78 is 0. The normalized spacial score (nSPS) is 11.3. The third-order valence-corrected chi connectivity index (χ3v) is 2.87. The van der Waals surface area contributed by atoms with Gasteiger partial charge in [-0.3, -0.25) is 14.9 Å². The summed E-state index contributed by atoms with van der Waals surface area (Å²) in [6, 6.07) is 5.47. The van der Waals surface area contributed by atoms with Crippen LogP contribution in [0.2, 0.25) is 0 Å². The smallest absolute Gasteiger partial charge is 0.269 e. The van der Waals surface area contributed by atoms with Crippen molar-refractivity contribution in [2.75, 3.05) is 6.54 Å². The van der Waals surface area contributed by atoms with E-state index in [-0.39, 0.29) is 30.0 Å². The highest BCUT2D eigenvalue weighted by Crippen LogP contribution is 2.12. The maximum absolute atomic E-state index is 11.9. The molecule has 0 bridgehead atoms. The van der Waals surface area contributed by atoms with Gasteiger partial charge in [-0.25, -0.2) is 0 Å². The summed E-state index contributed by atoms with van der Waals surface area (Å²) in [7, 11) is 0. The Kier molecular flexibility index (Phi) is 8.51. The van der Waals surface area contributed by atoms with Gasteiger partial charge in [0.05, 0.1) is 4.92 Å². The van der Waals surface area contributed by atoms with Crippen LogP contribution in [0.4, 0.5) is 5.69 Å². The fraction of sp³-hybridized carbons (Fsp3) is 0.462. The molecule has 3 N–H and O–H groups in total. The number of halogens is 1. The molecule has 0 radical (unpaired) electrons. The minimum Gasteiger partial charge on any atom is -0.348 e. The topological polar surface area (TPSA) is 98.3 Å². The number of rotatable bonds is 7. The molecule has 6 nitrogen and oxygen atoms in total. The van der Waals surface area contributed by atoms with E-state index in [0.717, 1.165) is 19.3 Å². The number of amides is 1. The van der Waals surface area contributed by atoms with E-state index in [9.17, 15) is 14.9 Å². The van der Waals surface area contributed by atoms with E-state index in [1.54, 1.807) is 0 Å². The van der Waals surface area contributed by atoms with Crippen LogP contribution in [0.25, 0.3) is 0 Å². The van der Waals surface area contributed by atoms with Gasteiger partial charge < -0.3 is 11.1 Å². The molecular formula is C13H20ClN3O3. The largest absolute Gasteiger partial charge is 0.348 e. The Morgan fingerprint density at radius 3 is 2.45 bits per heavy atom. The lowest BCUT2D eigenvalue weighted by molar-refractivity contribution is -0.384. The maximum atomic E-state index is 11.9. The van der Waals surface area contributed by atoms with Crippen molar-refractivity contribution in [3.05, 3.63) is 39.9 Å². The summed E-state index contributed by atoms with van der Waals surface area (Å²) in [5, 5.41) is 13.3. The first-order valence-electron chi connectivity index (χ1n) is 6.33. The number of nitro benzene ring substituents is 1. The van der Waals surface area contributed by atoms with Crippen molar-refractivity contribution in [3.63, 3.8) is 0 Å². The molecule has 7 heteroatoms. The zero-order valence-corrected chi connectivity index (χ0v) is 12.2. The molecule has 20 heavy (non-hydrogen) atoms. The van der Waals surface area contributed by atoms with E-state index < -0.39 is 4.92 Å². The van der Waals surface area contributed by atoms with Gasteiger partial charge >= 0.3 is 0 Å². The fourth-order valence-electron chi connectivity index (χ4n) is 1.70. The number of nitrogens with one attached hydrogen (secondary N) is 1. The zero-order chi connectivity index (χ0) is 14.3. The van der Waals surface area contributed by atoms with Crippen molar-refractivity contribution >= 4 is 24.0 Å². The minimum atomic E-state index is -0.494. The average Bonchev–Trinajstić information content (AvgIpc) is 2.43. The second-order valence-electron chi connectivity index (χ2n) is 4.35. The molecule has 0 aliphatic rings. The second-order valence-corrected chi connectivity index (χ2v) is 4.35. The summed E-state index contributed by atoms with van der Waals surface area (Å²) in [6.45, 7) is 2.46. The maximum Gasteiger partial charge on any atom is 0.269 e. The summed E-state index contributed by atoms with van der Waals surface area (Å²) in [5.74, 6) is -0.249. The quantitative estimate of drug-likeness (QED) is 0.596. The molecule has 0 aliphatic heterocycles. The monoisotopic (exact) mass is 301 g/mol. The van der Waals surface area contributed by atoms with E-state index in [1.807, 2.05) is 0 Å². The van der Waals surface area contributed by atoms with E-state index in [4.69, 9.17) is 5.73 Å². The van der Waals surface area contributed by atoms with Gasteiger partial charge in [0, 0.05) is 30.3 Å². The summed E-state index contributed by atoms with van der Waals surface area (Å²) >= 11 is 0. The first-order chi connectivity index (χ1) is 9.08. The van der Waals surface area contributed by atoms with Crippen molar-refractivity contribution in [1.29, 1.82) is 0 Å². The van der Waals surface area contributed by atoms with Crippen LogP contribution in [0, 0.1) is 10.1 Å². The number of benzene rings is 1. The molecule has 0 aliphatic carbocycles. The van der Waals surface area contributed by atoms with Gasteiger partial charge in [0.15, 0.2) is 0 Å². The SMILES string of the molecule is CCCCC(CN)NC(=O)c1ccc([N+](=O)[O-])cc1.Cl. The molecule has 1 unspecified atom stereocenters. The molecule has 0 fully saturated rings. The Balaban J connectivity index is 0.00000361. The predicted molar refractivity (Wildman–Crippen MR) is 80.2 cm³/mol. The van der Waals surface area contributed by atoms with Crippen molar-refractivity contribution in [2.24, 2.45) is 5.73 Å².